The van der Waals surface area contributed by atoms with Crippen molar-refractivity contribution in [2.45, 2.75) is 19.2 Å². The molecule has 1 aromatic heterocycles. The van der Waals surface area contributed by atoms with E-state index in [1.165, 1.54) is 25.3 Å². The van der Waals surface area contributed by atoms with E-state index in [0.717, 1.165) is 4.68 Å². The zero-order valence-corrected chi connectivity index (χ0v) is 11.9. The second-order valence-corrected chi connectivity index (χ2v) is 4.45. The molecule has 118 valence electrons. The molecular weight excluding hydrogens is 282 g/mol. The topological polar surface area (TPSA) is 130 Å². The number of carboxylic acid groups (broad SMARTS) is 1. The number of hydrogen-bond donors (Lipinski definition) is 3. The average molecular weight is 301 g/mol. The van der Waals surface area contributed by atoms with E-state index in [2.05, 4.69) is 15.6 Å². The van der Waals surface area contributed by atoms with E-state index in [9.17, 15) is 14.7 Å². The number of hydrogen-bond acceptors (Lipinski definition) is 6. The summed E-state index contributed by atoms with van der Waals surface area (Å²) in [4.78, 5) is 23.6. The molecule has 0 aliphatic carbocycles. The third kappa shape index (κ3) is 6.19. The number of amides is 2. The third-order valence-corrected chi connectivity index (χ3v) is 2.49. The van der Waals surface area contributed by atoms with Crippen molar-refractivity contribution >= 4 is 12.0 Å². The van der Waals surface area contributed by atoms with Gasteiger partial charge < -0.3 is 25.2 Å². The quantitative estimate of drug-likeness (QED) is 0.533. The fraction of sp³-hybridized carbons (Fsp3) is 0.636. The van der Waals surface area contributed by atoms with Crippen LogP contribution in [0.5, 0.6) is 0 Å². The van der Waals surface area contributed by atoms with Crippen LogP contribution >= 0.6 is 0 Å². The van der Waals surface area contributed by atoms with Crippen LogP contribution in [0.2, 0.25) is 0 Å². The molecule has 1 unspecified atom stereocenters. The molecule has 10 heteroatoms. The minimum Gasteiger partial charge on any atom is -0.480 e. The Morgan fingerprint density at radius 2 is 2.29 bits per heavy atom. The van der Waals surface area contributed by atoms with Crippen molar-refractivity contribution in [1.82, 2.24) is 25.2 Å². The first kappa shape index (κ1) is 16.9. The van der Waals surface area contributed by atoms with Crippen LogP contribution < -0.4 is 5.32 Å². The normalized spacial score (nSPS) is 12.0. The fourth-order valence-electron chi connectivity index (χ4n) is 1.58. The molecule has 1 aromatic rings. The molecule has 0 fully saturated rings. The minimum atomic E-state index is -1.03. The Bertz CT molecular complexity index is 477. The molecule has 0 radical (unpaired) electrons. The van der Waals surface area contributed by atoms with Crippen LogP contribution in [0.15, 0.2) is 6.20 Å². The van der Waals surface area contributed by atoms with E-state index in [0.29, 0.717) is 5.69 Å². The summed E-state index contributed by atoms with van der Waals surface area (Å²) >= 11 is 0. The number of carbonyl (C=O) groups is 2. The van der Waals surface area contributed by atoms with E-state index in [1.54, 1.807) is 0 Å². The summed E-state index contributed by atoms with van der Waals surface area (Å²) in [5.41, 5.74) is 0.440. The standard InChI is InChI=1S/C11H19N5O5/c1-15(5-9(17)7-21-2)11(20)12-3-8-4-16(14-13-8)6-10(18)19/h4,9,17H,3,5-7H2,1-2H3,(H,12,20)(H,18,19). The van der Waals surface area contributed by atoms with Gasteiger partial charge in [-0.2, -0.15) is 0 Å². The first-order valence-corrected chi connectivity index (χ1v) is 6.19. The largest absolute Gasteiger partial charge is 0.480 e. The lowest BCUT2D eigenvalue weighted by Gasteiger charge is -2.20. The van der Waals surface area contributed by atoms with Gasteiger partial charge in [0, 0.05) is 14.2 Å². The SMILES string of the molecule is COCC(O)CN(C)C(=O)NCc1cn(CC(=O)O)nn1. The third-order valence-electron chi connectivity index (χ3n) is 2.49. The maximum atomic E-state index is 11.8. The molecular formula is C11H19N5O5. The van der Waals surface area contributed by atoms with Gasteiger partial charge in [0.2, 0.25) is 0 Å². The number of aromatic nitrogens is 3. The van der Waals surface area contributed by atoms with Gasteiger partial charge in [-0.25, -0.2) is 9.48 Å². The molecule has 0 aliphatic rings. The van der Waals surface area contributed by atoms with E-state index < -0.39 is 18.1 Å². The number of carbonyl (C=O) groups excluding carboxylic acids is 1. The van der Waals surface area contributed by atoms with Gasteiger partial charge in [0.15, 0.2) is 0 Å². The number of aliphatic hydroxyl groups is 1. The van der Waals surface area contributed by atoms with Gasteiger partial charge in [-0.3, -0.25) is 4.79 Å². The molecule has 0 aliphatic heterocycles. The number of nitrogens with zero attached hydrogens (tertiary/aromatic N) is 4. The lowest BCUT2D eigenvalue weighted by molar-refractivity contribution is -0.137. The van der Waals surface area contributed by atoms with Gasteiger partial charge in [0.1, 0.15) is 12.2 Å². The van der Waals surface area contributed by atoms with Gasteiger partial charge in [-0.15, -0.1) is 5.10 Å². The first-order chi connectivity index (χ1) is 9.92. The molecule has 21 heavy (non-hydrogen) atoms. The number of aliphatic carboxylic acids is 1. The van der Waals surface area contributed by atoms with Crippen LogP contribution in [0.4, 0.5) is 4.79 Å². The fourth-order valence-corrected chi connectivity index (χ4v) is 1.58. The Kier molecular flexibility index (Phi) is 6.56. The maximum absolute atomic E-state index is 11.8. The van der Waals surface area contributed by atoms with Crippen molar-refractivity contribution in [3.63, 3.8) is 0 Å². The van der Waals surface area contributed by atoms with Gasteiger partial charge in [-0.05, 0) is 0 Å². The highest BCUT2D eigenvalue weighted by Crippen LogP contribution is 1.95. The number of urea groups is 1. The van der Waals surface area contributed by atoms with E-state index in [1.807, 2.05) is 0 Å². The van der Waals surface area contributed by atoms with Crippen LogP contribution in [0.25, 0.3) is 0 Å². The van der Waals surface area contributed by atoms with Crippen molar-refractivity contribution in [3.8, 4) is 0 Å². The molecule has 0 bridgehead atoms. The van der Waals surface area contributed by atoms with E-state index >= 15 is 0 Å². The summed E-state index contributed by atoms with van der Waals surface area (Å²) in [5.74, 6) is -1.03. The van der Waals surface area contributed by atoms with Crippen molar-refractivity contribution in [3.05, 3.63) is 11.9 Å². The maximum Gasteiger partial charge on any atom is 0.325 e. The molecule has 0 spiro atoms. The summed E-state index contributed by atoms with van der Waals surface area (Å²) in [6.07, 6.45) is 0.677. The number of likely N-dealkylation sites (N-methyl/N-ethyl adjacent to an activating group) is 1. The van der Waals surface area contributed by atoms with Crippen LogP contribution in [-0.2, 0) is 22.6 Å². The van der Waals surface area contributed by atoms with Crippen molar-refractivity contribution in [2.75, 3.05) is 27.3 Å². The van der Waals surface area contributed by atoms with E-state index in [4.69, 9.17) is 9.84 Å². The molecule has 0 saturated heterocycles. The van der Waals surface area contributed by atoms with Crippen LogP contribution in [0.1, 0.15) is 5.69 Å². The van der Waals surface area contributed by atoms with Crippen molar-refractivity contribution in [1.29, 1.82) is 0 Å². The van der Waals surface area contributed by atoms with Gasteiger partial charge in [0.05, 0.1) is 32.0 Å². The van der Waals surface area contributed by atoms with Crippen molar-refractivity contribution in [2.24, 2.45) is 0 Å². The van der Waals surface area contributed by atoms with Crippen LogP contribution in [0, 0.1) is 0 Å². The Morgan fingerprint density at radius 3 is 2.90 bits per heavy atom. The molecule has 0 aromatic carbocycles. The number of ether oxygens (including phenoxy) is 1. The number of methoxy groups -OCH3 is 1. The molecule has 10 nitrogen and oxygen atoms in total. The Balaban J connectivity index is 2.38. The minimum absolute atomic E-state index is 0.114. The van der Waals surface area contributed by atoms with Crippen LogP contribution in [-0.4, -0.2) is 75.5 Å². The smallest absolute Gasteiger partial charge is 0.325 e. The van der Waals surface area contributed by atoms with Crippen LogP contribution in [0.3, 0.4) is 0 Å². The zero-order valence-electron chi connectivity index (χ0n) is 11.9. The Morgan fingerprint density at radius 1 is 1.57 bits per heavy atom. The second-order valence-electron chi connectivity index (χ2n) is 4.45. The predicted octanol–water partition coefficient (Wildman–Crippen LogP) is -1.49. The van der Waals surface area contributed by atoms with E-state index in [-0.39, 0.29) is 26.2 Å². The van der Waals surface area contributed by atoms with Gasteiger partial charge >= 0.3 is 12.0 Å². The second kappa shape index (κ2) is 8.17. The number of nitrogens with one attached hydrogen (secondary N) is 1. The summed E-state index contributed by atoms with van der Waals surface area (Å²) in [6.45, 7) is 0.0970. The van der Waals surface area contributed by atoms with Crippen molar-refractivity contribution < 1.29 is 24.5 Å². The molecule has 1 heterocycles. The number of carboxylic acids is 1. The summed E-state index contributed by atoms with van der Waals surface area (Å²) in [6, 6.07) is -0.391. The van der Waals surface area contributed by atoms with Gasteiger partial charge in [0.25, 0.3) is 0 Å². The number of aliphatic hydroxyl groups excluding tert-OH is 1. The summed E-state index contributed by atoms with van der Waals surface area (Å²) in [5, 5.41) is 28.0. The highest BCUT2D eigenvalue weighted by molar-refractivity contribution is 5.73. The lowest BCUT2D eigenvalue weighted by atomic mass is 10.3. The monoisotopic (exact) mass is 301 g/mol. The first-order valence-electron chi connectivity index (χ1n) is 6.19. The average Bonchev–Trinajstić information content (AvgIpc) is 2.82. The lowest BCUT2D eigenvalue weighted by Crippen LogP contribution is -2.42. The highest BCUT2D eigenvalue weighted by Gasteiger charge is 2.14. The Labute approximate surface area is 121 Å². The number of rotatable bonds is 8. The predicted molar refractivity (Wildman–Crippen MR) is 70.4 cm³/mol. The summed E-state index contributed by atoms with van der Waals surface area (Å²) in [7, 11) is 3.00. The summed E-state index contributed by atoms with van der Waals surface area (Å²) < 4.78 is 5.93. The highest BCUT2D eigenvalue weighted by atomic mass is 16.5. The molecule has 1 rings (SSSR count). The molecule has 2 amide bonds. The Hall–Kier alpha value is -2.20. The van der Waals surface area contributed by atoms with Gasteiger partial charge in [-0.1, -0.05) is 5.21 Å². The molecule has 1 atom stereocenters. The molecule has 0 saturated carbocycles. The zero-order chi connectivity index (χ0) is 15.8. The molecule has 3 N–H and O–H groups in total.